The summed E-state index contributed by atoms with van der Waals surface area (Å²) in [7, 11) is 1.67. The standard InChI is InChI=1S/C12H21N3O2/c1-8(2)9(16-3)10-14-11(17-15-10)12(7-13)5-4-6-12/h8-9H,4-7,13H2,1-3H3. The van der Waals surface area contributed by atoms with E-state index < -0.39 is 0 Å². The lowest BCUT2D eigenvalue weighted by Crippen LogP contribution is -2.41. The molecule has 0 aliphatic heterocycles. The van der Waals surface area contributed by atoms with Crippen LogP contribution >= 0.6 is 0 Å². The molecule has 1 fully saturated rings. The number of ether oxygens (including phenoxy) is 1. The molecule has 0 bridgehead atoms. The van der Waals surface area contributed by atoms with E-state index in [9.17, 15) is 0 Å². The number of nitrogens with two attached hydrogens (primary N) is 1. The molecule has 1 saturated carbocycles. The van der Waals surface area contributed by atoms with Gasteiger partial charge in [0.25, 0.3) is 0 Å². The van der Waals surface area contributed by atoms with Crippen LogP contribution in [0.25, 0.3) is 0 Å². The van der Waals surface area contributed by atoms with Crippen LogP contribution in [0.15, 0.2) is 4.52 Å². The molecule has 96 valence electrons. The summed E-state index contributed by atoms with van der Waals surface area (Å²) in [6, 6.07) is 0. The van der Waals surface area contributed by atoms with Crippen LogP contribution in [0, 0.1) is 5.92 Å². The molecular weight excluding hydrogens is 218 g/mol. The maximum Gasteiger partial charge on any atom is 0.234 e. The third kappa shape index (κ3) is 2.09. The minimum atomic E-state index is -0.109. The zero-order valence-electron chi connectivity index (χ0n) is 10.8. The Bertz CT molecular complexity index is 366. The summed E-state index contributed by atoms with van der Waals surface area (Å²) in [6.45, 7) is 4.73. The number of nitrogens with zero attached hydrogens (tertiary/aromatic N) is 2. The van der Waals surface area contributed by atoms with E-state index in [1.807, 2.05) is 0 Å². The lowest BCUT2D eigenvalue weighted by Gasteiger charge is -2.36. The molecule has 5 heteroatoms. The van der Waals surface area contributed by atoms with Crippen LogP contribution in [0.3, 0.4) is 0 Å². The molecule has 0 amide bonds. The smallest absolute Gasteiger partial charge is 0.234 e. The highest BCUT2D eigenvalue weighted by Crippen LogP contribution is 2.42. The summed E-state index contributed by atoms with van der Waals surface area (Å²) >= 11 is 0. The maximum atomic E-state index is 5.82. The fourth-order valence-electron chi connectivity index (χ4n) is 2.35. The predicted molar refractivity (Wildman–Crippen MR) is 63.5 cm³/mol. The Morgan fingerprint density at radius 2 is 2.18 bits per heavy atom. The molecule has 1 heterocycles. The number of rotatable bonds is 5. The van der Waals surface area contributed by atoms with Crippen molar-refractivity contribution in [3.05, 3.63) is 11.7 Å². The SMILES string of the molecule is COC(c1noc(C2(CN)CCC2)n1)C(C)C. The Balaban J connectivity index is 2.20. The van der Waals surface area contributed by atoms with Crippen LogP contribution < -0.4 is 5.73 Å². The van der Waals surface area contributed by atoms with Gasteiger partial charge in [0.1, 0.15) is 6.10 Å². The first-order valence-corrected chi connectivity index (χ1v) is 6.20. The van der Waals surface area contributed by atoms with E-state index in [1.54, 1.807) is 7.11 Å². The Kier molecular flexibility index (Phi) is 3.49. The molecule has 17 heavy (non-hydrogen) atoms. The van der Waals surface area contributed by atoms with Gasteiger partial charge in [-0.05, 0) is 18.8 Å². The summed E-state index contributed by atoms with van der Waals surface area (Å²) in [5.74, 6) is 1.64. The zero-order chi connectivity index (χ0) is 12.5. The zero-order valence-corrected chi connectivity index (χ0v) is 10.8. The summed E-state index contributed by atoms with van der Waals surface area (Å²) in [5, 5.41) is 4.04. The second kappa shape index (κ2) is 4.74. The largest absolute Gasteiger partial charge is 0.373 e. The Morgan fingerprint density at radius 3 is 2.59 bits per heavy atom. The van der Waals surface area contributed by atoms with Crippen molar-refractivity contribution < 1.29 is 9.26 Å². The van der Waals surface area contributed by atoms with Crippen molar-refractivity contribution in [3.63, 3.8) is 0 Å². The predicted octanol–water partition coefficient (Wildman–Crippen LogP) is 1.79. The van der Waals surface area contributed by atoms with Crippen LogP contribution in [0.2, 0.25) is 0 Å². The van der Waals surface area contributed by atoms with Crippen molar-refractivity contribution in [1.82, 2.24) is 10.1 Å². The van der Waals surface area contributed by atoms with Crippen molar-refractivity contribution in [1.29, 1.82) is 0 Å². The van der Waals surface area contributed by atoms with E-state index >= 15 is 0 Å². The third-order valence-corrected chi connectivity index (χ3v) is 3.71. The average molecular weight is 239 g/mol. The van der Waals surface area contributed by atoms with Crippen molar-refractivity contribution in [2.75, 3.05) is 13.7 Å². The molecule has 0 saturated heterocycles. The first-order chi connectivity index (χ1) is 8.13. The molecular formula is C12H21N3O2. The van der Waals surface area contributed by atoms with Gasteiger partial charge in [0.05, 0.1) is 5.41 Å². The lowest BCUT2D eigenvalue weighted by atomic mass is 9.69. The second-order valence-corrected chi connectivity index (χ2v) is 5.20. The highest BCUT2D eigenvalue weighted by molar-refractivity contribution is 5.12. The van der Waals surface area contributed by atoms with E-state index in [2.05, 4.69) is 24.0 Å². The van der Waals surface area contributed by atoms with E-state index in [0.717, 1.165) is 12.8 Å². The Morgan fingerprint density at radius 1 is 1.47 bits per heavy atom. The minimum absolute atomic E-state index is 0.0689. The lowest BCUT2D eigenvalue weighted by molar-refractivity contribution is 0.0555. The Hall–Kier alpha value is -0.940. The monoisotopic (exact) mass is 239 g/mol. The number of methoxy groups -OCH3 is 1. The quantitative estimate of drug-likeness (QED) is 0.848. The molecule has 1 atom stereocenters. The normalized spacial score (nSPS) is 20.3. The molecule has 1 aliphatic rings. The second-order valence-electron chi connectivity index (χ2n) is 5.20. The van der Waals surface area contributed by atoms with Gasteiger partial charge in [-0.15, -0.1) is 0 Å². The fourth-order valence-corrected chi connectivity index (χ4v) is 2.35. The van der Waals surface area contributed by atoms with Crippen LogP contribution in [0.4, 0.5) is 0 Å². The van der Waals surface area contributed by atoms with Crippen molar-refractivity contribution >= 4 is 0 Å². The van der Waals surface area contributed by atoms with Gasteiger partial charge in [0, 0.05) is 13.7 Å². The molecule has 1 aliphatic carbocycles. The van der Waals surface area contributed by atoms with Crippen molar-refractivity contribution in [3.8, 4) is 0 Å². The number of hydrogen-bond acceptors (Lipinski definition) is 5. The van der Waals surface area contributed by atoms with Crippen LogP contribution in [0.5, 0.6) is 0 Å². The molecule has 2 rings (SSSR count). The topological polar surface area (TPSA) is 74.2 Å². The molecule has 5 nitrogen and oxygen atoms in total. The first kappa shape index (κ1) is 12.5. The molecule has 0 aromatic carbocycles. The third-order valence-electron chi connectivity index (χ3n) is 3.71. The van der Waals surface area contributed by atoms with Gasteiger partial charge in [-0.3, -0.25) is 0 Å². The summed E-state index contributed by atoms with van der Waals surface area (Å²) in [5.41, 5.74) is 5.75. The van der Waals surface area contributed by atoms with Crippen LogP contribution in [-0.2, 0) is 10.2 Å². The fraction of sp³-hybridized carbons (Fsp3) is 0.833. The number of aromatic nitrogens is 2. The summed E-state index contributed by atoms with van der Waals surface area (Å²) in [6.07, 6.45) is 3.17. The molecule has 1 aromatic rings. The maximum absolute atomic E-state index is 5.82. The highest BCUT2D eigenvalue weighted by Gasteiger charge is 2.43. The molecule has 0 radical (unpaired) electrons. The van der Waals surface area contributed by atoms with Gasteiger partial charge in [-0.2, -0.15) is 4.98 Å². The molecule has 0 spiro atoms. The Labute approximate surface area is 102 Å². The van der Waals surface area contributed by atoms with E-state index in [-0.39, 0.29) is 11.5 Å². The van der Waals surface area contributed by atoms with Gasteiger partial charge >= 0.3 is 0 Å². The molecule has 1 aromatic heterocycles. The minimum Gasteiger partial charge on any atom is -0.373 e. The molecule has 2 N–H and O–H groups in total. The highest BCUT2D eigenvalue weighted by atomic mass is 16.5. The van der Waals surface area contributed by atoms with Gasteiger partial charge < -0.3 is 15.0 Å². The van der Waals surface area contributed by atoms with Gasteiger partial charge in [-0.1, -0.05) is 25.4 Å². The molecule has 1 unspecified atom stereocenters. The van der Waals surface area contributed by atoms with Crippen molar-refractivity contribution in [2.45, 2.75) is 44.6 Å². The van der Waals surface area contributed by atoms with E-state index in [0.29, 0.717) is 24.2 Å². The van der Waals surface area contributed by atoms with E-state index in [4.69, 9.17) is 15.0 Å². The van der Waals surface area contributed by atoms with Gasteiger partial charge in [0.15, 0.2) is 0 Å². The van der Waals surface area contributed by atoms with Gasteiger partial charge in [0.2, 0.25) is 11.7 Å². The first-order valence-electron chi connectivity index (χ1n) is 6.20. The van der Waals surface area contributed by atoms with E-state index in [1.165, 1.54) is 6.42 Å². The van der Waals surface area contributed by atoms with Crippen LogP contribution in [-0.4, -0.2) is 23.8 Å². The number of hydrogen-bond donors (Lipinski definition) is 1. The van der Waals surface area contributed by atoms with Gasteiger partial charge in [-0.25, -0.2) is 0 Å². The van der Waals surface area contributed by atoms with Crippen LogP contribution in [0.1, 0.15) is 50.9 Å². The summed E-state index contributed by atoms with van der Waals surface area (Å²) < 4.78 is 10.8. The van der Waals surface area contributed by atoms with Crippen molar-refractivity contribution in [2.24, 2.45) is 11.7 Å². The summed E-state index contributed by atoms with van der Waals surface area (Å²) in [4.78, 5) is 4.48. The average Bonchev–Trinajstić information content (AvgIpc) is 2.67.